The van der Waals surface area contributed by atoms with E-state index in [9.17, 15) is 9.59 Å². The highest BCUT2D eigenvalue weighted by atomic mass is 16.5. The van der Waals surface area contributed by atoms with E-state index in [4.69, 9.17) is 14.2 Å². The van der Waals surface area contributed by atoms with Gasteiger partial charge in [-0.3, -0.25) is 9.59 Å². The van der Waals surface area contributed by atoms with Crippen molar-refractivity contribution in [2.24, 2.45) is 0 Å². The molecule has 0 heterocycles. The highest BCUT2D eigenvalue weighted by molar-refractivity contribution is 6.00. The lowest BCUT2D eigenvalue weighted by molar-refractivity contribution is -0.132. The van der Waals surface area contributed by atoms with Crippen LogP contribution in [0.5, 0.6) is 17.2 Å². The second kappa shape index (κ2) is 5.83. The number of ether oxygens (including phenoxy) is 3. The first kappa shape index (κ1) is 14.8. The summed E-state index contributed by atoms with van der Waals surface area (Å²) in [5.74, 6) is 0.423. The molecule has 0 saturated heterocycles. The van der Waals surface area contributed by atoms with E-state index in [2.05, 4.69) is 0 Å². The van der Waals surface area contributed by atoms with Crippen LogP contribution in [-0.4, -0.2) is 19.0 Å². The zero-order chi connectivity index (χ0) is 15.6. The Kier molecular flexibility index (Phi) is 4.12. The summed E-state index contributed by atoms with van der Waals surface area (Å²) >= 11 is 0. The Labute approximate surface area is 122 Å². The van der Waals surface area contributed by atoms with Gasteiger partial charge >= 0.3 is 11.9 Å². The second-order valence-electron chi connectivity index (χ2n) is 4.59. The number of carbonyl (C=O) groups is 2. The Balaban J connectivity index is 2.81. The molecule has 0 aliphatic rings. The van der Waals surface area contributed by atoms with E-state index >= 15 is 0 Å². The van der Waals surface area contributed by atoms with Crippen molar-refractivity contribution in [3.8, 4) is 17.2 Å². The molecule has 0 saturated carbocycles. The standard InChI is InChI=1S/C16H16O5/c1-9-8-14(21-11(3)18)15-12(16(9)19-4)6-5-7-13(15)20-10(2)17/h5-8H,1-4H3. The molecular formula is C16H16O5. The van der Waals surface area contributed by atoms with E-state index < -0.39 is 11.9 Å². The topological polar surface area (TPSA) is 61.8 Å². The largest absolute Gasteiger partial charge is 0.496 e. The fourth-order valence-electron chi connectivity index (χ4n) is 2.27. The minimum Gasteiger partial charge on any atom is -0.496 e. The molecule has 0 bridgehead atoms. The van der Waals surface area contributed by atoms with Crippen LogP contribution in [0.1, 0.15) is 19.4 Å². The van der Waals surface area contributed by atoms with Crippen molar-refractivity contribution in [2.75, 3.05) is 7.11 Å². The molecule has 0 aromatic heterocycles. The molecule has 2 aromatic carbocycles. The second-order valence-corrected chi connectivity index (χ2v) is 4.59. The molecule has 0 spiro atoms. The van der Waals surface area contributed by atoms with Crippen LogP contribution in [0.25, 0.3) is 10.8 Å². The monoisotopic (exact) mass is 288 g/mol. The SMILES string of the molecule is COc1c(C)cc(OC(C)=O)c2c(OC(C)=O)cccc12. The molecule has 5 heteroatoms. The van der Waals surface area contributed by atoms with Crippen molar-refractivity contribution in [1.82, 2.24) is 0 Å². The number of fused-ring (bicyclic) bond motifs is 1. The number of esters is 2. The Bertz CT molecular complexity index is 718. The first-order valence-corrected chi connectivity index (χ1v) is 6.41. The molecule has 21 heavy (non-hydrogen) atoms. The third-order valence-electron chi connectivity index (χ3n) is 2.93. The first-order valence-electron chi connectivity index (χ1n) is 6.41. The molecule has 0 atom stereocenters. The van der Waals surface area contributed by atoms with Crippen LogP contribution < -0.4 is 14.2 Å². The summed E-state index contributed by atoms with van der Waals surface area (Å²) in [6.07, 6.45) is 0. The average Bonchev–Trinajstić information content (AvgIpc) is 2.37. The van der Waals surface area contributed by atoms with Crippen molar-refractivity contribution >= 4 is 22.7 Å². The Hall–Kier alpha value is -2.56. The van der Waals surface area contributed by atoms with Gasteiger partial charge in [-0.05, 0) is 24.6 Å². The third kappa shape index (κ3) is 2.97. The fourth-order valence-corrected chi connectivity index (χ4v) is 2.27. The van der Waals surface area contributed by atoms with Gasteiger partial charge in [-0.25, -0.2) is 0 Å². The van der Waals surface area contributed by atoms with Crippen LogP contribution in [0.2, 0.25) is 0 Å². The molecule has 0 aliphatic heterocycles. The van der Waals surface area contributed by atoms with Crippen LogP contribution in [0.15, 0.2) is 24.3 Å². The summed E-state index contributed by atoms with van der Waals surface area (Å²) in [5, 5.41) is 1.25. The van der Waals surface area contributed by atoms with E-state index in [1.54, 1.807) is 25.3 Å². The lowest BCUT2D eigenvalue weighted by Gasteiger charge is -2.15. The average molecular weight is 288 g/mol. The molecule has 0 aliphatic carbocycles. The highest BCUT2D eigenvalue weighted by Crippen LogP contribution is 2.41. The maximum atomic E-state index is 11.3. The maximum absolute atomic E-state index is 11.3. The van der Waals surface area contributed by atoms with Crippen molar-refractivity contribution in [1.29, 1.82) is 0 Å². The van der Waals surface area contributed by atoms with Crippen LogP contribution in [0.3, 0.4) is 0 Å². The molecule has 0 fully saturated rings. The molecule has 5 nitrogen and oxygen atoms in total. The fraction of sp³-hybridized carbons (Fsp3) is 0.250. The van der Waals surface area contributed by atoms with Gasteiger partial charge in [0.25, 0.3) is 0 Å². The number of hydrogen-bond acceptors (Lipinski definition) is 5. The summed E-state index contributed by atoms with van der Waals surface area (Å²) in [6, 6.07) is 6.91. The third-order valence-corrected chi connectivity index (χ3v) is 2.93. The van der Waals surface area contributed by atoms with E-state index in [-0.39, 0.29) is 0 Å². The zero-order valence-corrected chi connectivity index (χ0v) is 12.4. The van der Waals surface area contributed by atoms with E-state index in [1.165, 1.54) is 13.8 Å². The van der Waals surface area contributed by atoms with Gasteiger partial charge < -0.3 is 14.2 Å². The predicted octanol–water partition coefficient (Wildman–Crippen LogP) is 3.01. The van der Waals surface area contributed by atoms with Gasteiger partial charge in [-0.2, -0.15) is 0 Å². The molecule has 0 radical (unpaired) electrons. The molecule has 2 rings (SSSR count). The van der Waals surface area contributed by atoms with E-state index in [0.29, 0.717) is 28.0 Å². The molecular weight excluding hydrogens is 272 g/mol. The van der Waals surface area contributed by atoms with Gasteiger partial charge in [0.15, 0.2) is 0 Å². The maximum Gasteiger partial charge on any atom is 0.308 e. The summed E-state index contributed by atoms with van der Waals surface area (Å²) in [5.41, 5.74) is 0.821. The number of benzene rings is 2. The summed E-state index contributed by atoms with van der Waals surface area (Å²) < 4.78 is 15.8. The summed E-state index contributed by atoms with van der Waals surface area (Å²) in [4.78, 5) is 22.5. The van der Waals surface area contributed by atoms with Crippen LogP contribution >= 0.6 is 0 Å². The molecule has 110 valence electrons. The van der Waals surface area contributed by atoms with Gasteiger partial charge in [-0.1, -0.05) is 12.1 Å². The number of carbonyl (C=O) groups excluding carboxylic acids is 2. The van der Waals surface area contributed by atoms with Crippen LogP contribution in [0.4, 0.5) is 0 Å². The minimum atomic E-state index is -0.448. The predicted molar refractivity (Wildman–Crippen MR) is 77.9 cm³/mol. The summed E-state index contributed by atoms with van der Waals surface area (Å²) in [6.45, 7) is 4.49. The highest BCUT2D eigenvalue weighted by Gasteiger charge is 2.17. The smallest absolute Gasteiger partial charge is 0.308 e. The van der Waals surface area contributed by atoms with Gasteiger partial charge in [0.1, 0.15) is 17.2 Å². The molecule has 0 amide bonds. The number of hydrogen-bond donors (Lipinski definition) is 0. The van der Waals surface area contributed by atoms with Gasteiger partial charge in [0.2, 0.25) is 0 Å². The van der Waals surface area contributed by atoms with Crippen molar-refractivity contribution < 1.29 is 23.8 Å². The molecule has 0 N–H and O–H groups in total. The molecule has 2 aromatic rings. The normalized spacial score (nSPS) is 10.3. The van der Waals surface area contributed by atoms with Gasteiger partial charge in [0.05, 0.1) is 12.5 Å². The summed E-state index contributed by atoms with van der Waals surface area (Å²) in [7, 11) is 1.56. The number of aryl methyl sites for hydroxylation is 1. The number of methoxy groups -OCH3 is 1. The minimum absolute atomic E-state index is 0.328. The zero-order valence-electron chi connectivity index (χ0n) is 12.4. The van der Waals surface area contributed by atoms with Crippen molar-refractivity contribution in [3.05, 3.63) is 29.8 Å². The van der Waals surface area contributed by atoms with E-state index in [1.807, 2.05) is 13.0 Å². The Morgan fingerprint density at radius 2 is 1.62 bits per heavy atom. The molecule has 0 unspecified atom stereocenters. The van der Waals surface area contributed by atoms with Crippen molar-refractivity contribution in [3.63, 3.8) is 0 Å². The lowest BCUT2D eigenvalue weighted by Crippen LogP contribution is -2.06. The first-order chi connectivity index (χ1) is 9.93. The van der Waals surface area contributed by atoms with Gasteiger partial charge in [0, 0.05) is 19.2 Å². The van der Waals surface area contributed by atoms with Crippen LogP contribution in [-0.2, 0) is 9.59 Å². The Morgan fingerprint density at radius 3 is 2.19 bits per heavy atom. The van der Waals surface area contributed by atoms with E-state index in [0.717, 1.165) is 5.56 Å². The van der Waals surface area contributed by atoms with Crippen molar-refractivity contribution in [2.45, 2.75) is 20.8 Å². The van der Waals surface area contributed by atoms with Gasteiger partial charge in [-0.15, -0.1) is 0 Å². The lowest BCUT2D eigenvalue weighted by atomic mass is 10.0. The number of rotatable bonds is 3. The quantitative estimate of drug-likeness (QED) is 0.641. The van der Waals surface area contributed by atoms with Crippen LogP contribution in [0, 0.1) is 6.92 Å². The Morgan fingerprint density at radius 1 is 1.00 bits per heavy atom.